The van der Waals surface area contributed by atoms with Crippen molar-refractivity contribution in [2.45, 2.75) is 40.0 Å². The standard InChI is InChI=1S/C9H11NO.C2H6/c1-7-10-8-5-3-2-4-6-9(8)11-7;1-2/h3,5H,2,4,6H2,1H3;1-2H3. The Balaban J connectivity index is 0.000000396. The summed E-state index contributed by atoms with van der Waals surface area (Å²) in [5.74, 6) is 1.83. The SMILES string of the molecule is CC.Cc1nc2c(o1)CCCC=C2. The van der Waals surface area contributed by atoms with Crippen LogP contribution < -0.4 is 0 Å². The highest BCUT2D eigenvalue weighted by Crippen LogP contribution is 2.18. The molecule has 0 spiro atoms. The number of aryl methyl sites for hydroxylation is 2. The average molecular weight is 179 g/mol. The molecule has 13 heavy (non-hydrogen) atoms. The Labute approximate surface area is 79.7 Å². The number of allylic oxidation sites excluding steroid dienone is 1. The zero-order chi connectivity index (χ0) is 9.68. The normalized spacial score (nSPS) is 14.1. The molecule has 0 N–H and O–H groups in total. The van der Waals surface area contributed by atoms with Crippen LogP contribution in [0.15, 0.2) is 10.5 Å². The van der Waals surface area contributed by atoms with E-state index in [2.05, 4.69) is 17.1 Å². The van der Waals surface area contributed by atoms with Crippen LogP contribution in [0, 0.1) is 6.92 Å². The van der Waals surface area contributed by atoms with Crippen molar-refractivity contribution in [3.63, 3.8) is 0 Å². The Bertz CT molecular complexity index is 286. The maximum Gasteiger partial charge on any atom is 0.191 e. The molecule has 1 aromatic rings. The fourth-order valence-electron chi connectivity index (χ4n) is 1.37. The lowest BCUT2D eigenvalue weighted by molar-refractivity contribution is 0.470. The molecule has 0 saturated carbocycles. The molecule has 0 radical (unpaired) electrons. The van der Waals surface area contributed by atoms with E-state index in [9.17, 15) is 0 Å². The molecular formula is C11H17NO. The van der Waals surface area contributed by atoms with Gasteiger partial charge in [0.05, 0.1) is 0 Å². The Morgan fingerprint density at radius 3 is 2.92 bits per heavy atom. The van der Waals surface area contributed by atoms with Crippen molar-refractivity contribution in [3.05, 3.63) is 23.4 Å². The number of rotatable bonds is 0. The van der Waals surface area contributed by atoms with Crippen molar-refractivity contribution < 1.29 is 4.42 Å². The van der Waals surface area contributed by atoms with E-state index in [1.165, 1.54) is 6.42 Å². The van der Waals surface area contributed by atoms with E-state index in [-0.39, 0.29) is 0 Å². The molecule has 2 rings (SSSR count). The highest BCUT2D eigenvalue weighted by molar-refractivity contribution is 5.47. The molecule has 2 heteroatoms. The lowest BCUT2D eigenvalue weighted by Gasteiger charge is -1.89. The summed E-state index contributed by atoms with van der Waals surface area (Å²) in [7, 11) is 0. The van der Waals surface area contributed by atoms with Gasteiger partial charge in [-0.25, -0.2) is 4.98 Å². The van der Waals surface area contributed by atoms with E-state index in [0.29, 0.717) is 0 Å². The van der Waals surface area contributed by atoms with E-state index >= 15 is 0 Å². The predicted molar refractivity (Wildman–Crippen MR) is 54.6 cm³/mol. The predicted octanol–water partition coefficient (Wildman–Crippen LogP) is 3.36. The summed E-state index contributed by atoms with van der Waals surface area (Å²) in [5, 5.41) is 0. The molecule has 1 aliphatic rings. The van der Waals surface area contributed by atoms with Gasteiger partial charge < -0.3 is 4.42 Å². The van der Waals surface area contributed by atoms with E-state index < -0.39 is 0 Å². The minimum atomic E-state index is 0.779. The van der Waals surface area contributed by atoms with Crippen molar-refractivity contribution >= 4 is 6.08 Å². The number of nitrogens with zero attached hydrogens (tertiary/aromatic N) is 1. The van der Waals surface area contributed by atoms with E-state index in [1.54, 1.807) is 0 Å². The van der Waals surface area contributed by atoms with Gasteiger partial charge >= 0.3 is 0 Å². The molecule has 0 bridgehead atoms. The van der Waals surface area contributed by atoms with E-state index in [4.69, 9.17) is 4.42 Å². The van der Waals surface area contributed by atoms with Crippen LogP contribution in [-0.4, -0.2) is 4.98 Å². The molecule has 0 atom stereocenters. The van der Waals surface area contributed by atoms with Gasteiger partial charge in [-0.2, -0.15) is 0 Å². The minimum Gasteiger partial charge on any atom is -0.445 e. The maximum absolute atomic E-state index is 5.42. The fourth-order valence-corrected chi connectivity index (χ4v) is 1.37. The molecule has 0 amide bonds. The Kier molecular flexibility index (Phi) is 3.74. The summed E-state index contributed by atoms with van der Waals surface area (Å²) in [6.07, 6.45) is 7.57. The van der Waals surface area contributed by atoms with Crippen molar-refractivity contribution in [2.24, 2.45) is 0 Å². The number of fused-ring (bicyclic) bond motifs is 1. The second kappa shape index (κ2) is 4.85. The van der Waals surface area contributed by atoms with Gasteiger partial charge in [0.25, 0.3) is 0 Å². The first-order valence-corrected chi connectivity index (χ1v) is 4.99. The molecule has 2 nitrogen and oxygen atoms in total. The van der Waals surface area contributed by atoms with Crippen molar-refractivity contribution in [1.29, 1.82) is 0 Å². The molecule has 72 valence electrons. The molecule has 0 unspecified atom stereocenters. The van der Waals surface area contributed by atoms with Crippen molar-refractivity contribution in [3.8, 4) is 0 Å². The fraction of sp³-hybridized carbons (Fsp3) is 0.545. The van der Waals surface area contributed by atoms with Gasteiger partial charge in [-0.3, -0.25) is 0 Å². The van der Waals surface area contributed by atoms with Crippen LogP contribution in [0.3, 0.4) is 0 Å². The molecule has 1 heterocycles. The maximum atomic E-state index is 5.42. The van der Waals surface area contributed by atoms with Gasteiger partial charge in [0.2, 0.25) is 0 Å². The Morgan fingerprint density at radius 1 is 1.38 bits per heavy atom. The smallest absolute Gasteiger partial charge is 0.191 e. The van der Waals surface area contributed by atoms with Gasteiger partial charge in [-0.05, 0) is 18.9 Å². The molecular weight excluding hydrogens is 162 g/mol. The first-order chi connectivity index (χ1) is 6.36. The lowest BCUT2D eigenvalue weighted by atomic mass is 10.2. The molecule has 1 aromatic heterocycles. The highest BCUT2D eigenvalue weighted by atomic mass is 16.4. The summed E-state index contributed by atoms with van der Waals surface area (Å²) in [6, 6.07) is 0. The molecule has 0 aliphatic heterocycles. The third-order valence-electron chi connectivity index (χ3n) is 1.88. The third kappa shape index (κ3) is 2.44. The molecule has 1 aliphatic carbocycles. The van der Waals surface area contributed by atoms with Crippen LogP contribution in [0.4, 0.5) is 0 Å². The number of oxazole rings is 1. The first kappa shape index (κ1) is 10.0. The van der Waals surface area contributed by atoms with E-state index in [0.717, 1.165) is 30.2 Å². The van der Waals surface area contributed by atoms with Crippen LogP contribution in [0.25, 0.3) is 6.08 Å². The Morgan fingerprint density at radius 2 is 2.15 bits per heavy atom. The van der Waals surface area contributed by atoms with E-state index in [1.807, 2.05) is 20.8 Å². The second-order valence-electron chi connectivity index (χ2n) is 2.84. The monoisotopic (exact) mass is 179 g/mol. The van der Waals surface area contributed by atoms with Gasteiger partial charge in [0, 0.05) is 13.3 Å². The summed E-state index contributed by atoms with van der Waals surface area (Å²) in [5.41, 5.74) is 1.03. The number of aromatic nitrogens is 1. The highest BCUT2D eigenvalue weighted by Gasteiger charge is 2.09. The summed E-state index contributed by atoms with van der Waals surface area (Å²) >= 11 is 0. The Hall–Kier alpha value is -1.05. The summed E-state index contributed by atoms with van der Waals surface area (Å²) in [6.45, 7) is 5.89. The van der Waals surface area contributed by atoms with Gasteiger partial charge in [-0.15, -0.1) is 0 Å². The molecule has 0 fully saturated rings. The van der Waals surface area contributed by atoms with Crippen molar-refractivity contribution in [2.75, 3.05) is 0 Å². The first-order valence-electron chi connectivity index (χ1n) is 4.99. The van der Waals surface area contributed by atoms with Crippen LogP contribution in [0.2, 0.25) is 0 Å². The van der Waals surface area contributed by atoms with Crippen LogP contribution in [0.1, 0.15) is 44.0 Å². The van der Waals surface area contributed by atoms with Gasteiger partial charge in [-0.1, -0.05) is 19.9 Å². The van der Waals surface area contributed by atoms with Gasteiger partial charge in [0.15, 0.2) is 5.89 Å². The summed E-state index contributed by atoms with van der Waals surface area (Å²) in [4.78, 5) is 4.26. The molecule has 0 aromatic carbocycles. The third-order valence-corrected chi connectivity index (χ3v) is 1.88. The quantitative estimate of drug-likeness (QED) is 0.610. The number of hydrogen-bond donors (Lipinski definition) is 0. The largest absolute Gasteiger partial charge is 0.445 e. The zero-order valence-corrected chi connectivity index (χ0v) is 8.63. The molecule has 0 saturated heterocycles. The van der Waals surface area contributed by atoms with Crippen LogP contribution >= 0.6 is 0 Å². The lowest BCUT2D eigenvalue weighted by Crippen LogP contribution is -1.81. The zero-order valence-electron chi connectivity index (χ0n) is 8.63. The van der Waals surface area contributed by atoms with Crippen LogP contribution in [-0.2, 0) is 6.42 Å². The van der Waals surface area contributed by atoms with Crippen LogP contribution in [0.5, 0.6) is 0 Å². The average Bonchev–Trinajstić information content (AvgIpc) is 2.36. The van der Waals surface area contributed by atoms with Crippen molar-refractivity contribution in [1.82, 2.24) is 4.98 Å². The second-order valence-corrected chi connectivity index (χ2v) is 2.84. The minimum absolute atomic E-state index is 0.779. The topological polar surface area (TPSA) is 26.0 Å². The summed E-state index contributed by atoms with van der Waals surface area (Å²) < 4.78 is 5.42. The van der Waals surface area contributed by atoms with Gasteiger partial charge in [0.1, 0.15) is 11.5 Å². The number of hydrogen-bond acceptors (Lipinski definition) is 2.